The Bertz CT molecular complexity index is 691. The van der Waals surface area contributed by atoms with Gasteiger partial charge in [0.2, 0.25) is 5.96 Å². The molecule has 0 amide bonds. The van der Waals surface area contributed by atoms with Crippen LogP contribution in [0.4, 0.5) is 0 Å². The van der Waals surface area contributed by atoms with E-state index in [9.17, 15) is 8.42 Å². The van der Waals surface area contributed by atoms with E-state index >= 15 is 0 Å². The van der Waals surface area contributed by atoms with Crippen molar-refractivity contribution in [3.05, 3.63) is 47.8 Å². The second-order valence-electron chi connectivity index (χ2n) is 4.66. The lowest BCUT2D eigenvalue weighted by atomic mass is 10.2. The first-order valence-electron chi connectivity index (χ1n) is 6.29. The zero-order chi connectivity index (χ0) is 16.3. The molecular weight excluding hydrogens is 326 g/mol. The average molecular weight is 345 g/mol. The van der Waals surface area contributed by atoms with E-state index < -0.39 is 16.6 Å². The lowest BCUT2D eigenvalue weighted by molar-refractivity contribution is -0.0131. The number of guanidine groups is 1. The normalized spacial score (nSPS) is 17.9. The highest BCUT2D eigenvalue weighted by atomic mass is 32.3. The molecule has 23 heavy (non-hydrogen) atoms. The summed E-state index contributed by atoms with van der Waals surface area (Å²) in [5, 5.41) is 0.606. The molecule has 2 rings (SSSR count). The third-order valence-corrected chi connectivity index (χ3v) is 3.22. The molecule has 0 saturated carbocycles. The molecule has 0 bridgehead atoms. The van der Waals surface area contributed by atoms with Gasteiger partial charge in [0.25, 0.3) is 0 Å². The van der Waals surface area contributed by atoms with Crippen molar-refractivity contribution in [1.29, 1.82) is 0 Å². The van der Waals surface area contributed by atoms with Gasteiger partial charge < -0.3 is 21.8 Å². The van der Waals surface area contributed by atoms with Gasteiger partial charge in [-0.25, -0.2) is 0 Å². The summed E-state index contributed by atoms with van der Waals surface area (Å²) in [7, 11) is -2.94. The number of hydrogen-bond acceptors (Lipinski definition) is 8. The fourth-order valence-corrected chi connectivity index (χ4v) is 2.30. The van der Waals surface area contributed by atoms with E-state index in [1.54, 1.807) is 11.9 Å². The Morgan fingerprint density at radius 3 is 2.52 bits per heavy atom. The van der Waals surface area contributed by atoms with E-state index in [0.29, 0.717) is 17.4 Å². The van der Waals surface area contributed by atoms with Gasteiger partial charge in [-0.3, -0.25) is 4.55 Å². The molecule has 0 saturated heterocycles. The van der Waals surface area contributed by atoms with Crippen LogP contribution in [0.25, 0.3) is 0 Å². The molecule has 0 spiro atoms. The molecule has 1 aromatic carbocycles. The van der Waals surface area contributed by atoms with Crippen molar-refractivity contribution in [2.75, 3.05) is 7.05 Å². The van der Waals surface area contributed by atoms with Crippen molar-refractivity contribution in [2.24, 2.45) is 16.5 Å². The molecule has 128 valence electrons. The van der Waals surface area contributed by atoms with Gasteiger partial charge in [0.1, 0.15) is 12.0 Å². The molecule has 1 aromatic rings. The first kappa shape index (κ1) is 18.9. The summed E-state index contributed by atoms with van der Waals surface area (Å²) < 4.78 is 34.4. The molecule has 0 aromatic heterocycles. The Morgan fingerprint density at radius 1 is 1.39 bits per heavy atom. The predicted molar refractivity (Wildman–Crippen MR) is 83.7 cm³/mol. The van der Waals surface area contributed by atoms with Crippen LogP contribution >= 0.6 is 0 Å². The first-order valence-corrected chi connectivity index (χ1v) is 7.65. The molecule has 1 aliphatic heterocycles. The number of nitrogens with two attached hydrogens (primary N) is 2. The Hall–Kier alpha value is -2.18. The van der Waals surface area contributed by atoms with Crippen LogP contribution < -0.4 is 11.5 Å². The molecule has 0 aliphatic carbocycles. The molecule has 1 unspecified atom stereocenters. The van der Waals surface area contributed by atoms with Gasteiger partial charge >= 0.3 is 10.4 Å². The summed E-state index contributed by atoms with van der Waals surface area (Å²) in [4.78, 5) is 5.82. The number of rotatable bonds is 5. The van der Waals surface area contributed by atoms with Gasteiger partial charge in [-0.2, -0.15) is 18.5 Å². The van der Waals surface area contributed by atoms with E-state index in [1.165, 1.54) is 6.08 Å². The fraction of sp³-hybridized carbons (Fsp3) is 0.250. The van der Waals surface area contributed by atoms with Crippen LogP contribution in [0.2, 0.25) is 0 Å². The molecule has 10 nitrogen and oxygen atoms in total. The van der Waals surface area contributed by atoms with E-state index in [0.717, 1.165) is 5.56 Å². The van der Waals surface area contributed by atoms with Gasteiger partial charge in [0, 0.05) is 13.6 Å². The Morgan fingerprint density at radius 2 is 2.00 bits per heavy atom. The molecule has 11 heteroatoms. The van der Waals surface area contributed by atoms with E-state index in [2.05, 4.69) is 9.28 Å². The molecule has 0 fully saturated rings. The van der Waals surface area contributed by atoms with Crippen molar-refractivity contribution < 1.29 is 22.7 Å². The Labute approximate surface area is 133 Å². The smallest absolute Gasteiger partial charge is 0.412 e. The van der Waals surface area contributed by atoms with Crippen LogP contribution in [-0.2, 0) is 21.2 Å². The zero-order valence-electron chi connectivity index (χ0n) is 12.3. The average Bonchev–Trinajstić information content (AvgIpc) is 2.42. The minimum absolute atomic E-state index is 0. The largest absolute Gasteiger partial charge is 0.418 e. The lowest BCUT2D eigenvalue weighted by Gasteiger charge is -2.30. The molecule has 1 heterocycles. The highest BCUT2D eigenvalue weighted by Crippen LogP contribution is 2.16. The number of hydroxylamine groups is 2. The molecule has 7 N–H and O–H groups in total. The monoisotopic (exact) mass is 345 g/mol. The maximum atomic E-state index is 10.7. The minimum atomic E-state index is -4.73. The number of benzene rings is 1. The summed E-state index contributed by atoms with van der Waals surface area (Å²) in [6, 6.07) is 9.67. The third-order valence-electron chi connectivity index (χ3n) is 2.87. The van der Waals surface area contributed by atoms with Crippen LogP contribution in [0.1, 0.15) is 5.56 Å². The molecule has 1 aliphatic rings. The van der Waals surface area contributed by atoms with E-state index in [-0.39, 0.29) is 11.4 Å². The topological polar surface area (TPSA) is 166 Å². The van der Waals surface area contributed by atoms with Gasteiger partial charge in [-0.1, -0.05) is 30.3 Å². The Kier molecular flexibility index (Phi) is 6.06. The van der Waals surface area contributed by atoms with Crippen LogP contribution in [0.5, 0.6) is 0 Å². The fourth-order valence-electron chi connectivity index (χ4n) is 1.92. The molecule has 0 radical (unpaired) electrons. The maximum Gasteiger partial charge on any atom is 0.418 e. The van der Waals surface area contributed by atoms with Crippen LogP contribution in [-0.4, -0.2) is 47.6 Å². The van der Waals surface area contributed by atoms with Gasteiger partial charge in [-0.15, -0.1) is 4.28 Å². The minimum Gasteiger partial charge on any atom is -0.412 e. The maximum absolute atomic E-state index is 10.7. The number of nitrogens with zero attached hydrogens (tertiary/aromatic N) is 3. The second-order valence-corrected chi connectivity index (χ2v) is 5.66. The summed E-state index contributed by atoms with van der Waals surface area (Å²) in [6.45, 7) is 0.565. The van der Waals surface area contributed by atoms with Crippen LogP contribution in [0.3, 0.4) is 0 Å². The van der Waals surface area contributed by atoms with Crippen molar-refractivity contribution >= 4 is 16.4 Å². The van der Waals surface area contributed by atoms with E-state index in [4.69, 9.17) is 16.0 Å². The molecular formula is C12H19N5O5S. The molecule has 1 atom stereocenters. The SMILES string of the molecule is CN(Cc1ccccc1)C1=CC(N)N(OS(=O)(=O)O)C(N)=N1.O. The lowest BCUT2D eigenvalue weighted by Crippen LogP contribution is -2.51. The van der Waals surface area contributed by atoms with Crippen molar-refractivity contribution in [3.63, 3.8) is 0 Å². The highest BCUT2D eigenvalue weighted by Gasteiger charge is 2.27. The quantitative estimate of drug-likeness (QED) is 0.559. The second kappa shape index (κ2) is 7.39. The van der Waals surface area contributed by atoms with Gasteiger partial charge in [-0.05, 0) is 11.6 Å². The first-order chi connectivity index (χ1) is 10.3. The van der Waals surface area contributed by atoms with Crippen LogP contribution in [0.15, 0.2) is 47.2 Å². The van der Waals surface area contributed by atoms with E-state index in [1.807, 2.05) is 30.3 Å². The number of hydrogen-bond donors (Lipinski definition) is 3. The Balaban J connectivity index is 0.00000264. The van der Waals surface area contributed by atoms with Gasteiger partial charge in [0.05, 0.1) is 0 Å². The zero-order valence-corrected chi connectivity index (χ0v) is 13.1. The predicted octanol–water partition coefficient (Wildman–Crippen LogP) is -1.22. The summed E-state index contributed by atoms with van der Waals surface area (Å²) in [6.07, 6.45) is 0.456. The van der Waals surface area contributed by atoms with Crippen molar-refractivity contribution in [2.45, 2.75) is 12.7 Å². The van der Waals surface area contributed by atoms with Crippen molar-refractivity contribution in [3.8, 4) is 0 Å². The standard InChI is InChI=1S/C12H17N5O4S.H2O/c1-16(8-9-5-3-2-4-6-9)11-7-10(13)17(12(14)15-11)21-22(18,19)20;/h2-7,10H,8,13H2,1H3,(H2,14,15)(H,18,19,20);1H2. The van der Waals surface area contributed by atoms with Crippen LogP contribution in [0, 0.1) is 0 Å². The van der Waals surface area contributed by atoms with Crippen molar-refractivity contribution in [1.82, 2.24) is 9.96 Å². The summed E-state index contributed by atoms with van der Waals surface area (Å²) in [5.74, 6) is 0.187. The third kappa shape index (κ3) is 5.19. The number of aliphatic imine (C=N–C) groups is 1. The summed E-state index contributed by atoms with van der Waals surface area (Å²) in [5.41, 5.74) is 12.4. The van der Waals surface area contributed by atoms with Gasteiger partial charge in [0.15, 0.2) is 0 Å². The highest BCUT2D eigenvalue weighted by molar-refractivity contribution is 7.80. The summed E-state index contributed by atoms with van der Waals surface area (Å²) >= 11 is 0.